The number of nitrogens with zero attached hydrogens (tertiary/aromatic N) is 2. The summed E-state index contributed by atoms with van der Waals surface area (Å²) in [5, 5.41) is 4.64. The van der Waals surface area contributed by atoms with Crippen LogP contribution in [0.15, 0.2) is 58.8 Å². The molecule has 3 rings (SSSR count). The van der Waals surface area contributed by atoms with Crippen LogP contribution in [0.2, 0.25) is 0 Å². The Bertz CT molecular complexity index is 1030. The second-order valence-corrected chi connectivity index (χ2v) is 6.46. The zero-order valence-electron chi connectivity index (χ0n) is 14.2. The van der Waals surface area contributed by atoms with Crippen LogP contribution in [0.1, 0.15) is 23.4 Å². The van der Waals surface area contributed by atoms with Gasteiger partial charge in [0.05, 0.1) is 0 Å². The minimum atomic E-state index is -0.141. The van der Waals surface area contributed by atoms with E-state index in [1.807, 2.05) is 49.4 Å². The Kier molecular flexibility index (Phi) is 5.62. The number of carbonyl (C=O) groups excluding carboxylic acids is 1. The first kappa shape index (κ1) is 17.6. The molecule has 1 amide bonds. The lowest BCUT2D eigenvalue weighted by Gasteiger charge is -2.07. The second kappa shape index (κ2) is 8.28. The largest absolute Gasteiger partial charge is 0.326 e. The van der Waals surface area contributed by atoms with E-state index in [4.69, 9.17) is 0 Å². The quantitative estimate of drug-likeness (QED) is 0.725. The predicted octanol–water partition coefficient (Wildman–Crippen LogP) is 3.04. The number of pyridine rings is 1. The predicted molar refractivity (Wildman–Crippen MR) is 103 cm³/mol. The molecule has 0 bridgehead atoms. The number of aromatic nitrogens is 2. The summed E-state index contributed by atoms with van der Waals surface area (Å²) in [6, 6.07) is 12.9. The summed E-state index contributed by atoms with van der Waals surface area (Å²) in [4.78, 5) is 27.9. The minimum Gasteiger partial charge on any atom is -0.326 e. The first-order valence-corrected chi connectivity index (χ1v) is 8.98. The van der Waals surface area contributed by atoms with Crippen LogP contribution in [0.3, 0.4) is 0 Å². The molecule has 1 aromatic carbocycles. The van der Waals surface area contributed by atoms with Gasteiger partial charge in [-0.1, -0.05) is 29.4 Å². The summed E-state index contributed by atoms with van der Waals surface area (Å²) in [5.41, 5.74) is 3.04. The van der Waals surface area contributed by atoms with E-state index in [2.05, 4.69) is 22.1 Å². The maximum absolute atomic E-state index is 12.2. The molecule has 0 aliphatic rings. The third kappa shape index (κ3) is 4.68. The van der Waals surface area contributed by atoms with E-state index in [0.29, 0.717) is 17.9 Å². The lowest BCUT2D eigenvalue weighted by molar-refractivity contribution is -0.116. The van der Waals surface area contributed by atoms with Crippen LogP contribution < -0.4 is 10.2 Å². The first-order chi connectivity index (χ1) is 12.6. The Balaban J connectivity index is 1.62. The summed E-state index contributed by atoms with van der Waals surface area (Å²) < 4.78 is 1.61. The zero-order valence-corrected chi connectivity index (χ0v) is 15.0. The molecule has 0 aliphatic heterocycles. The highest BCUT2D eigenvalue weighted by molar-refractivity contribution is 7.07. The molecule has 0 saturated heterocycles. The maximum atomic E-state index is 12.2. The Morgan fingerprint density at radius 1 is 1.23 bits per heavy atom. The van der Waals surface area contributed by atoms with Crippen LogP contribution in [-0.2, 0) is 11.3 Å². The zero-order chi connectivity index (χ0) is 18.4. The van der Waals surface area contributed by atoms with E-state index in [9.17, 15) is 9.59 Å². The number of benzene rings is 1. The molecule has 0 fully saturated rings. The SMILES string of the molecule is Cc1csc(=O)n1CCC(=O)Nc1cccc(C#Cc2ccccn2)c1. The standard InChI is InChI=1S/C20H17N3O2S/c1-15-14-26-20(25)23(15)12-10-19(24)22-18-7-4-5-16(13-18)8-9-17-6-2-3-11-21-17/h2-7,11,13-14H,10,12H2,1H3,(H,22,24). The van der Waals surface area contributed by atoms with Crippen LogP contribution >= 0.6 is 11.3 Å². The van der Waals surface area contributed by atoms with Crippen molar-refractivity contribution in [1.29, 1.82) is 0 Å². The van der Waals surface area contributed by atoms with Crippen molar-refractivity contribution in [2.75, 3.05) is 5.32 Å². The number of anilines is 1. The molecule has 0 aliphatic carbocycles. The molecule has 2 aromatic heterocycles. The van der Waals surface area contributed by atoms with Crippen LogP contribution in [-0.4, -0.2) is 15.5 Å². The number of rotatable bonds is 4. The smallest absolute Gasteiger partial charge is 0.307 e. The fraction of sp³-hybridized carbons (Fsp3) is 0.150. The molecule has 0 atom stereocenters. The van der Waals surface area contributed by atoms with Gasteiger partial charge >= 0.3 is 4.87 Å². The van der Waals surface area contributed by atoms with Gasteiger partial charge in [-0.3, -0.25) is 9.59 Å². The lowest BCUT2D eigenvalue weighted by atomic mass is 10.2. The monoisotopic (exact) mass is 363 g/mol. The van der Waals surface area contributed by atoms with Gasteiger partial charge in [0.2, 0.25) is 5.91 Å². The van der Waals surface area contributed by atoms with Gasteiger partial charge in [-0.25, -0.2) is 4.98 Å². The van der Waals surface area contributed by atoms with E-state index in [0.717, 1.165) is 22.6 Å². The van der Waals surface area contributed by atoms with Crippen molar-refractivity contribution in [3.63, 3.8) is 0 Å². The molecule has 6 heteroatoms. The van der Waals surface area contributed by atoms with E-state index in [1.165, 1.54) is 0 Å². The van der Waals surface area contributed by atoms with Crippen molar-refractivity contribution in [3.05, 3.63) is 80.7 Å². The first-order valence-electron chi connectivity index (χ1n) is 8.10. The van der Waals surface area contributed by atoms with Crippen molar-refractivity contribution in [2.24, 2.45) is 0 Å². The fourth-order valence-corrected chi connectivity index (χ4v) is 3.12. The highest BCUT2D eigenvalue weighted by Gasteiger charge is 2.07. The number of aryl methyl sites for hydroxylation is 1. The Morgan fingerprint density at radius 2 is 2.12 bits per heavy atom. The maximum Gasteiger partial charge on any atom is 0.307 e. The molecule has 130 valence electrons. The van der Waals surface area contributed by atoms with Crippen LogP contribution in [0.4, 0.5) is 5.69 Å². The van der Waals surface area contributed by atoms with Gasteiger partial charge in [0.15, 0.2) is 0 Å². The van der Waals surface area contributed by atoms with E-state index in [1.54, 1.807) is 16.1 Å². The lowest BCUT2D eigenvalue weighted by Crippen LogP contribution is -2.20. The summed E-state index contributed by atoms with van der Waals surface area (Å²) >= 11 is 1.15. The van der Waals surface area contributed by atoms with Crippen molar-refractivity contribution in [3.8, 4) is 11.8 Å². The summed E-state index contributed by atoms with van der Waals surface area (Å²) in [6.07, 6.45) is 1.93. The number of thiazole rings is 1. The summed E-state index contributed by atoms with van der Waals surface area (Å²) in [5.74, 6) is 5.88. The van der Waals surface area contributed by atoms with Gasteiger partial charge < -0.3 is 9.88 Å². The van der Waals surface area contributed by atoms with E-state index < -0.39 is 0 Å². The molecule has 2 heterocycles. The molecular formula is C20H17N3O2S. The van der Waals surface area contributed by atoms with Crippen molar-refractivity contribution in [1.82, 2.24) is 9.55 Å². The molecular weight excluding hydrogens is 346 g/mol. The van der Waals surface area contributed by atoms with E-state index in [-0.39, 0.29) is 17.2 Å². The third-order valence-electron chi connectivity index (χ3n) is 3.69. The van der Waals surface area contributed by atoms with Gasteiger partial charge in [-0.2, -0.15) is 0 Å². The average molecular weight is 363 g/mol. The van der Waals surface area contributed by atoms with Gasteiger partial charge in [0, 0.05) is 41.5 Å². The van der Waals surface area contributed by atoms with E-state index >= 15 is 0 Å². The molecule has 3 aromatic rings. The van der Waals surface area contributed by atoms with Crippen LogP contribution in [0.5, 0.6) is 0 Å². The van der Waals surface area contributed by atoms with Gasteiger partial charge in [0.25, 0.3) is 0 Å². The molecule has 0 saturated carbocycles. The number of nitrogens with one attached hydrogen (secondary N) is 1. The van der Waals surface area contributed by atoms with Crippen molar-refractivity contribution < 1.29 is 4.79 Å². The number of hydrogen-bond donors (Lipinski definition) is 1. The fourth-order valence-electron chi connectivity index (χ4n) is 2.36. The number of hydrogen-bond acceptors (Lipinski definition) is 4. The van der Waals surface area contributed by atoms with Crippen LogP contribution in [0.25, 0.3) is 0 Å². The molecule has 0 spiro atoms. The van der Waals surface area contributed by atoms with Gasteiger partial charge in [-0.05, 0) is 43.2 Å². The number of carbonyl (C=O) groups is 1. The van der Waals surface area contributed by atoms with Crippen LogP contribution in [0, 0.1) is 18.8 Å². The topological polar surface area (TPSA) is 64.0 Å². The second-order valence-electron chi connectivity index (χ2n) is 5.64. The number of amides is 1. The van der Waals surface area contributed by atoms with Gasteiger partial charge in [0.1, 0.15) is 5.69 Å². The average Bonchev–Trinajstić information content (AvgIpc) is 2.97. The Labute approximate surface area is 155 Å². The Morgan fingerprint density at radius 3 is 2.85 bits per heavy atom. The molecule has 26 heavy (non-hydrogen) atoms. The van der Waals surface area contributed by atoms with Crippen molar-refractivity contribution in [2.45, 2.75) is 19.9 Å². The highest BCUT2D eigenvalue weighted by Crippen LogP contribution is 2.11. The highest BCUT2D eigenvalue weighted by atomic mass is 32.1. The summed E-state index contributed by atoms with van der Waals surface area (Å²) in [7, 11) is 0. The van der Waals surface area contributed by atoms with Gasteiger partial charge in [-0.15, -0.1) is 0 Å². The minimum absolute atomic E-state index is 0.0397. The molecule has 0 unspecified atom stereocenters. The Hall–Kier alpha value is -3.17. The van der Waals surface area contributed by atoms with Crippen molar-refractivity contribution >= 4 is 22.9 Å². The molecule has 0 radical (unpaired) electrons. The third-order valence-corrected chi connectivity index (χ3v) is 4.57. The molecule has 1 N–H and O–H groups in total. The summed E-state index contributed by atoms with van der Waals surface area (Å²) in [6.45, 7) is 2.23. The normalized spacial score (nSPS) is 10.0. The molecule has 5 nitrogen and oxygen atoms in total.